The first kappa shape index (κ1) is 17.8. The molecule has 9 heteroatoms. The molecule has 2 aromatic heterocycles. The number of hydrogen-bond donors (Lipinski definition) is 3. The molecule has 2 amide bonds. The monoisotopic (exact) mass is 381 g/mol. The van der Waals surface area contributed by atoms with Crippen molar-refractivity contribution in [3.63, 3.8) is 0 Å². The number of aromatic nitrogens is 2. The van der Waals surface area contributed by atoms with Crippen molar-refractivity contribution in [3.8, 4) is 11.5 Å². The number of hydrazine groups is 1. The van der Waals surface area contributed by atoms with E-state index in [0.29, 0.717) is 22.8 Å². The third-order valence-corrected chi connectivity index (χ3v) is 4.44. The fourth-order valence-electron chi connectivity index (χ4n) is 3.15. The van der Waals surface area contributed by atoms with Crippen LogP contribution in [0.5, 0.6) is 11.5 Å². The van der Waals surface area contributed by atoms with Crippen molar-refractivity contribution in [2.75, 3.05) is 18.4 Å². The van der Waals surface area contributed by atoms with E-state index in [1.54, 1.807) is 42.6 Å². The highest BCUT2D eigenvalue weighted by atomic mass is 16.5. The van der Waals surface area contributed by atoms with Gasteiger partial charge in [-0.2, -0.15) is 0 Å². The first-order chi connectivity index (χ1) is 13.6. The third kappa shape index (κ3) is 3.89. The fraction of sp³-hybridized carbons (Fsp3) is 0.211. The highest BCUT2D eigenvalue weighted by Crippen LogP contribution is 2.27. The largest absolute Gasteiger partial charge is 0.464 e. The first-order valence-corrected chi connectivity index (χ1v) is 8.89. The summed E-state index contributed by atoms with van der Waals surface area (Å²) in [7, 11) is 0. The zero-order valence-corrected chi connectivity index (χ0v) is 15.0. The zero-order valence-electron chi connectivity index (χ0n) is 15.0. The Bertz CT molecular complexity index is 1030. The van der Waals surface area contributed by atoms with Crippen LogP contribution in [0.15, 0.2) is 48.8 Å². The van der Waals surface area contributed by atoms with Gasteiger partial charge in [-0.25, -0.2) is 19.6 Å². The van der Waals surface area contributed by atoms with Gasteiger partial charge in [-0.05, 0) is 43.2 Å². The fourth-order valence-corrected chi connectivity index (χ4v) is 3.15. The van der Waals surface area contributed by atoms with Gasteiger partial charge in [-0.3, -0.25) is 15.3 Å². The molecule has 144 valence electrons. The predicted octanol–water partition coefficient (Wildman–Crippen LogP) is 3.49. The normalized spacial score (nSPS) is 14.1. The number of nitrogens with one attached hydrogen (secondary N) is 2. The minimum absolute atomic E-state index is 0.344. The number of nitrogens with zero attached hydrogens (tertiary/aromatic N) is 3. The van der Waals surface area contributed by atoms with E-state index in [1.807, 2.05) is 5.01 Å². The summed E-state index contributed by atoms with van der Waals surface area (Å²) in [4.78, 5) is 27.3. The topological polar surface area (TPSA) is 109 Å². The molecule has 4 rings (SSSR count). The second-order valence-electron chi connectivity index (χ2n) is 6.43. The average molecular weight is 381 g/mol. The molecule has 1 aliphatic heterocycles. The molecule has 1 saturated heterocycles. The van der Waals surface area contributed by atoms with Gasteiger partial charge in [0.2, 0.25) is 0 Å². The van der Waals surface area contributed by atoms with Gasteiger partial charge in [0.25, 0.3) is 0 Å². The number of anilines is 1. The molecule has 0 radical (unpaired) electrons. The molecular weight excluding hydrogens is 362 g/mol. The van der Waals surface area contributed by atoms with Gasteiger partial charge in [0.1, 0.15) is 17.3 Å². The van der Waals surface area contributed by atoms with E-state index >= 15 is 0 Å². The summed E-state index contributed by atoms with van der Waals surface area (Å²) in [5.74, 6) is 1.42. The molecule has 1 aromatic carbocycles. The quantitative estimate of drug-likeness (QED) is 0.638. The minimum Gasteiger partial charge on any atom is -0.464 e. The van der Waals surface area contributed by atoms with E-state index < -0.39 is 6.09 Å². The van der Waals surface area contributed by atoms with Crippen molar-refractivity contribution in [2.24, 2.45) is 0 Å². The summed E-state index contributed by atoms with van der Waals surface area (Å²) >= 11 is 0. The van der Waals surface area contributed by atoms with Gasteiger partial charge in [0.15, 0.2) is 0 Å². The summed E-state index contributed by atoms with van der Waals surface area (Å²) in [6.07, 6.45) is 4.13. The van der Waals surface area contributed by atoms with Crippen LogP contribution in [0.1, 0.15) is 12.8 Å². The van der Waals surface area contributed by atoms with E-state index in [1.165, 1.54) is 6.20 Å². The highest BCUT2D eigenvalue weighted by molar-refractivity contribution is 5.90. The van der Waals surface area contributed by atoms with Crippen molar-refractivity contribution in [1.29, 1.82) is 0 Å². The van der Waals surface area contributed by atoms with E-state index in [4.69, 9.17) is 9.84 Å². The molecule has 0 saturated carbocycles. The number of carboxylic acid groups (broad SMARTS) is 1. The Labute approximate surface area is 160 Å². The number of amides is 2. The number of benzene rings is 1. The number of carbonyl (C=O) groups is 2. The van der Waals surface area contributed by atoms with Gasteiger partial charge < -0.3 is 9.84 Å². The first-order valence-electron chi connectivity index (χ1n) is 8.89. The van der Waals surface area contributed by atoms with Crippen LogP contribution in [0.25, 0.3) is 10.9 Å². The van der Waals surface area contributed by atoms with Crippen LogP contribution in [0, 0.1) is 0 Å². The van der Waals surface area contributed by atoms with Gasteiger partial charge in [0, 0.05) is 36.9 Å². The lowest BCUT2D eigenvalue weighted by Crippen LogP contribution is -2.42. The van der Waals surface area contributed by atoms with E-state index in [9.17, 15) is 9.59 Å². The van der Waals surface area contributed by atoms with Crippen LogP contribution in [0.3, 0.4) is 0 Å². The van der Waals surface area contributed by atoms with Crippen LogP contribution in [0.4, 0.5) is 15.4 Å². The Hall–Kier alpha value is -3.59. The number of carbonyl (C=O) groups excluding carboxylic acids is 1. The second kappa shape index (κ2) is 7.57. The maximum absolute atomic E-state index is 12.0. The SMILES string of the molecule is O=C(Nc1cc(Oc2ccc3c(ccn3C(=O)O)c2)ccn1)NN1CCCC1. The Morgan fingerprint density at radius 2 is 1.86 bits per heavy atom. The number of ether oxygens (including phenoxy) is 1. The number of hydrogen-bond acceptors (Lipinski definition) is 5. The number of fused-ring (bicyclic) bond motifs is 1. The third-order valence-electron chi connectivity index (χ3n) is 4.44. The summed E-state index contributed by atoms with van der Waals surface area (Å²) in [5, 5.41) is 14.5. The standard InChI is InChI=1S/C19H19N5O4/c25-18(22-23-8-1-2-9-23)21-17-12-15(5-7-20-17)28-14-3-4-16-13(11-14)6-10-24(16)19(26)27/h3-7,10-12H,1-2,8-9H2,(H,26,27)(H2,20,21,22,25). The molecule has 3 heterocycles. The van der Waals surface area contributed by atoms with Crippen molar-refractivity contribution < 1.29 is 19.4 Å². The van der Waals surface area contributed by atoms with Crippen molar-refractivity contribution in [2.45, 2.75) is 12.8 Å². The van der Waals surface area contributed by atoms with Crippen molar-refractivity contribution >= 4 is 28.8 Å². The molecule has 9 nitrogen and oxygen atoms in total. The Morgan fingerprint density at radius 3 is 2.64 bits per heavy atom. The Balaban J connectivity index is 1.45. The highest BCUT2D eigenvalue weighted by Gasteiger charge is 2.14. The molecule has 1 fully saturated rings. The smallest absolute Gasteiger partial charge is 0.415 e. The molecule has 28 heavy (non-hydrogen) atoms. The lowest BCUT2D eigenvalue weighted by molar-refractivity contribution is 0.197. The number of pyridine rings is 1. The predicted molar refractivity (Wildman–Crippen MR) is 103 cm³/mol. The lowest BCUT2D eigenvalue weighted by Gasteiger charge is -2.16. The second-order valence-corrected chi connectivity index (χ2v) is 6.43. The maximum atomic E-state index is 12.0. The van der Waals surface area contributed by atoms with Gasteiger partial charge in [-0.1, -0.05) is 0 Å². The molecule has 0 atom stereocenters. The molecule has 0 unspecified atom stereocenters. The van der Waals surface area contributed by atoms with E-state index in [2.05, 4.69) is 15.7 Å². The summed E-state index contributed by atoms with van der Waals surface area (Å²) in [6, 6.07) is 9.79. The van der Waals surface area contributed by atoms with Crippen LogP contribution < -0.4 is 15.5 Å². The summed E-state index contributed by atoms with van der Waals surface area (Å²) < 4.78 is 6.98. The molecule has 0 spiro atoms. The Kier molecular flexibility index (Phi) is 4.81. The minimum atomic E-state index is -1.04. The van der Waals surface area contributed by atoms with Crippen molar-refractivity contribution in [1.82, 2.24) is 20.0 Å². The van der Waals surface area contributed by atoms with Gasteiger partial charge >= 0.3 is 12.1 Å². The van der Waals surface area contributed by atoms with Crippen LogP contribution in [-0.4, -0.2) is 44.9 Å². The number of rotatable bonds is 4. The molecule has 3 aromatic rings. The van der Waals surface area contributed by atoms with Crippen LogP contribution >= 0.6 is 0 Å². The summed E-state index contributed by atoms with van der Waals surface area (Å²) in [6.45, 7) is 1.69. The van der Waals surface area contributed by atoms with Crippen LogP contribution in [0.2, 0.25) is 0 Å². The van der Waals surface area contributed by atoms with Gasteiger partial charge in [0.05, 0.1) is 5.52 Å². The Morgan fingerprint density at radius 1 is 1.07 bits per heavy atom. The molecule has 0 bridgehead atoms. The molecule has 0 aliphatic carbocycles. The van der Waals surface area contributed by atoms with E-state index in [0.717, 1.165) is 35.9 Å². The lowest BCUT2D eigenvalue weighted by atomic mass is 10.2. The van der Waals surface area contributed by atoms with E-state index in [-0.39, 0.29) is 6.03 Å². The zero-order chi connectivity index (χ0) is 19.5. The molecule has 3 N–H and O–H groups in total. The average Bonchev–Trinajstić information content (AvgIpc) is 3.31. The van der Waals surface area contributed by atoms with Crippen LogP contribution in [-0.2, 0) is 0 Å². The number of urea groups is 1. The van der Waals surface area contributed by atoms with Crippen molar-refractivity contribution in [3.05, 3.63) is 48.8 Å². The molecular formula is C19H19N5O4. The summed E-state index contributed by atoms with van der Waals surface area (Å²) in [5.41, 5.74) is 3.36. The maximum Gasteiger partial charge on any atom is 0.415 e. The molecule has 1 aliphatic rings. The van der Waals surface area contributed by atoms with Gasteiger partial charge in [-0.15, -0.1) is 0 Å².